The molecule has 1 saturated heterocycles. The molecule has 4 heteroatoms. The van der Waals surface area contributed by atoms with Crippen LogP contribution in [0.1, 0.15) is 39.5 Å². The first-order valence-corrected chi connectivity index (χ1v) is 5.75. The Morgan fingerprint density at radius 1 is 1.27 bits per heavy atom. The van der Waals surface area contributed by atoms with E-state index in [4.69, 9.17) is 0 Å². The van der Waals surface area contributed by atoms with Crippen molar-refractivity contribution in [2.24, 2.45) is 5.92 Å². The van der Waals surface area contributed by atoms with Crippen LogP contribution < -0.4 is 5.32 Å². The normalized spacial score (nSPS) is 27.9. The molecule has 2 aliphatic rings. The zero-order valence-electron chi connectivity index (χ0n) is 9.32. The number of imide groups is 1. The van der Waals surface area contributed by atoms with Gasteiger partial charge in [-0.2, -0.15) is 0 Å². The standard InChI is InChI=1S/C11H18N2O2/c1-7(2)9-10(14)13(11(15)12-9)8-5-3-4-6-8/h7-9H,3-6H2,1-2H3,(H,12,15)/t9-/m0/s1. The second-order valence-corrected chi connectivity index (χ2v) is 4.82. The summed E-state index contributed by atoms with van der Waals surface area (Å²) in [4.78, 5) is 25.1. The van der Waals surface area contributed by atoms with E-state index < -0.39 is 0 Å². The maximum absolute atomic E-state index is 12.0. The van der Waals surface area contributed by atoms with E-state index in [1.54, 1.807) is 0 Å². The lowest BCUT2D eigenvalue weighted by atomic mass is 10.0. The molecule has 1 atom stereocenters. The molecular formula is C11H18N2O2. The van der Waals surface area contributed by atoms with E-state index in [2.05, 4.69) is 5.32 Å². The van der Waals surface area contributed by atoms with Crippen LogP contribution in [-0.2, 0) is 4.79 Å². The second kappa shape index (κ2) is 3.83. The summed E-state index contributed by atoms with van der Waals surface area (Å²) in [6, 6.07) is -0.343. The lowest BCUT2D eigenvalue weighted by Crippen LogP contribution is -2.39. The number of nitrogens with zero attached hydrogens (tertiary/aromatic N) is 1. The van der Waals surface area contributed by atoms with Crippen molar-refractivity contribution in [3.05, 3.63) is 0 Å². The van der Waals surface area contributed by atoms with Crippen molar-refractivity contribution in [3.63, 3.8) is 0 Å². The average molecular weight is 210 g/mol. The van der Waals surface area contributed by atoms with E-state index in [0.717, 1.165) is 25.7 Å². The monoisotopic (exact) mass is 210 g/mol. The van der Waals surface area contributed by atoms with Crippen LogP contribution in [0.25, 0.3) is 0 Å². The minimum Gasteiger partial charge on any atom is -0.326 e. The SMILES string of the molecule is CC(C)[C@@H]1NC(=O)N(C2CCCC2)C1=O. The van der Waals surface area contributed by atoms with Gasteiger partial charge in [-0.1, -0.05) is 26.7 Å². The molecule has 0 unspecified atom stereocenters. The lowest BCUT2D eigenvalue weighted by molar-refractivity contribution is -0.129. The van der Waals surface area contributed by atoms with E-state index in [9.17, 15) is 9.59 Å². The van der Waals surface area contributed by atoms with Crippen LogP contribution >= 0.6 is 0 Å². The largest absolute Gasteiger partial charge is 0.326 e. The Balaban J connectivity index is 2.12. The highest BCUT2D eigenvalue weighted by atomic mass is 16.2. The van der Waals surface area contributed by atoms with Gasteiger partial charge in [-0.25, -0.2) is 4.79 Å². The van der Waals surface area contributed by atoms with Crippen molar-refractivity contribution in [2.75, 3.05) is 0 Å². The Bertz CT molecular complexity index is 282. The van der Waals surface area contributed by atoms with Gasteiger partial charge in [-0.05, 0) is 18.8 Å². The van der Waals surface area contributed by atoms with Gasteiger partial charge < -0.3 is 5.32 Å². The molecule has 1 N–H and O–H groups in total. The zero-order chi connectivity index (χ0) is 11.0. The highest BCUT2D eigenvalue weighted by Crippen LogP contribution is 2.27. The van der Waals surface area contributed by atoms with Crippen LogP contribution in [0.4, 0.5) is 4.79 Å². The molecule has 0 bridgehead atoms. The van der Waals surface area contributed by atoms with E-state index in [-0.39, 0.29) is 29.9 Å². The Kier molecular flexibility index (Phi) is 2.67. The van der Waals surface area contributed by atoms with Gasteiger partial charge in [0.15, 0.2) is 0 Å². The fraction of sp³-hybridized carbons (Fsp3) is 0.818. The third kappa shape index (κ3) is 1.73. The molecule has 0 aromatic carbocycles. The summed E-state index contributed by atoms with van der Waals surface area (Å²) < 4.78 is 0. The molecule has 3 amide bonds. The quantitative estimate of drug-likeness (QED) is 0.702. The van der Waals surface area contributed by atoms with Gasteiger partial charge in [0, 0.05) is 6.04 Å². The maximum atomic E-state index is 12.0. The van der Waals surface area contributed by atoms with Crippen molar-refractivity contribution in [1.82, 2.24) is 10.2 Å². The van der Waals surface area contributed by atoms with Crippen molar-refractivity contribution in [1.29, 1.82) is 0 Å². The topological polar surface area (TPSA) is 49.4 Å². The summed E-state index contributed by atoms with van der Waals surface area (Å²) in [7, 11) is 0. The first-order chi connectivity index (χ1) is 7.11. The van der Waals surface area contributed by atoms with Gasteiger partial charge in [0.2, 0.25) is 0 Å². The highest BCUT2D eigenvalue weighted by molar-refractivity contribution is 6.04. The van der Waals surface area contributed by atoms with E-state index >= 15 is 0 Å². The number of nitrogens with one attached hydrogen (secondary N) is 1. The molecule has 0 radical (unpaired) electrons. The molecule has 15 heavy (non-hydrogen) atoms. The van der Waals surface area contributed by atoms with E-state index in [0.29, 0.717) is 0 Å². The number of carbonyl (C=O) groups is 2. The van der Waals surface area contributed by atoms with Gasteiger partial charge >= 0.3 is 6.03 Å². The van der Waals surface area contributed by atoms with Crippen LogP contribution in [0.15, 0.2) is 0 Å². The first kappa shape index (κ1) is 10.5. The second-order valence-electron chi connectivity index (χ2n) is 4.82. The van der Waals surface area contributed by atoms with Crippen LogP contribution in [-0.4, -0.2) is 28.9 Å². The summed E-state index contributed by atoms with van der Waals surface area (Å²) in [6.45, 7) is 3.92. The fourth-order valence-electron chi connectivity index (χ4n) is 2.47. The molecule has 4 nitrogen and oxygen atoms in total. The van der Waals surface area contributed by atoms with E-state index in [1.807, 2.05) is 13.8 Å². The average Bonchev–Trinajstić information content (AvgIpc) is 2.73. The minimum atomic E-state index is -0.307. The van der Waals surface area contributed by atoms with Crippen LogP contribution in [0.2, 0.25) is 0 Å². The first-order valence-electron chi connectivity index (χ1n) is 5.75. The molecule has 1 aliphatic carbocycles. The van der Waals surface area contributed by atoms with Crippen LogP contribution in [0.3, 0.4) is 0 Å². The van der Waals surface area contributed by atoms with Crippen molar-refractivity contribution in [3.8, 4) is 0 Å². The third-order valence-electron chi connectivity index (χ3n) is 3.36. The van der Waals surface area contributed by atoms with Crippen molar-refractivity contribution in [2.45, 2.75) is 51.6 Å². The molecule has 1 aliphatic heterocycles. The minimum absolute atomic E-state index is 0.0260. The van der Waals surface area contributed by atoms with Crippen LogP contribution in [0, 0.1) is 5.92 Å². The number of hydrogen-bond acceptors (Lipinski definition) is 2. The fourth-order valence-corrected chi connectivity index (χ4v) is 2.47. The third-order valence-corrected chi connectivity index (χ3v) is 3.36. The lowest BCUT2D eigenvalue weighted by Gasteiger charge is -2.20. The van der Waals surface area contributed by atoms with Crippen LogP contribution in [0.5, 0.6) is 0 Å². The molecular weight excluding hydrogens is 192 g/mol. The summed E-state index contributed by atoms with van der Waals surface area (Å²) in [5.41, 5.74) is 0. The number of hydrogen-bond donors (Lipinski definition) is 1. The van der Waals surface area contributed by atoms with Crippen molar-refractivity contribution >= 4 is 11.9 Å². The molecule has 2 rings (SSSR count). The number of rotatable bonds is 2. The Morgan fingerprint density at radius 3 is 2.33 bits per heavy atom. The predicted octanol–water partition coefficient (Wildman–Crippen LogP) is 1.51. The summed E-state index contributed by atoms with van der Waals surface area (Å²) in [5.74, 6) is 0.148. The number of amides is 3. The van der Waals surface area contributed by atoms with E-state index in [1.165, 1.54) is 4.90 Å². The molecule has 0 aromatic rings. The van der Waals surface area contributed by atoms with Gasteiger partial charge in [0.25, 0.3) is 5.91 Å². The highest BCUT2D eigenvalue weighted by Gasteiger charge is 2.43. The smallest absolute Gasteiger partial charge is 0.325 e. The van der Waals surface area contributed by atoms with Gasteiger partial charge in [-0.3, -0.25) is 9.69 Å². The number of urea groups is 1. The van der Waals surface area contributed by atoms with Crippen molar-refractivity contribution < 1.29 is 9.59 Å². The molecule has 1 saturated carbocycles. The maximum Gasteiger partial charge on any atom is 0.325 e. The molecule has 2 fully saturated rings. The molecule has 84 valence electrons. The molecule has 1 heterocycles. The van der Waals surface area contributed by atoms with Gasteiger partial charge in [0.05, 0.1) is 0 Å². The van der Waals surface area contributed by atoms with Gasteiger partial charge in [0.1, 0.15) is 6.04 Å². The Hall–Kier alpha value is -1.06. The predicted molar refractivity (Wildman–Crippen MR) is 56.3 cm³/mol. The number of carbonyl (C=O) groups excluding carboxylic acids is 2. The summed E-state index contributed by atoms with van der Waals surface area (Å²) >= 11 is 0. The summed E-state index contributed by atoms with van der Waals surface area (Å²) in [5, 5.41) is 2.77. The molecule has 0 spiro atoms. The molecule has 0 aromatic heterocycles. The Morgan fingerprint density at radius 2 is 1.87 bits per heavy atom. The zero-order valence-corrected chi connectivity index (χ0v) is 9.32. The summed E-state index contributed by atoms with van der Waals surface area (Å²) in [6.07, 6.45) is 4.22. The van der Waals surface area contributed by atoms with Gasteiger partial charge in [-0.15, -0.1) is 0 Å². The Labute approximate surface area is 90.0 Å².